The molecule has 0 radical (unpaired) electrons. The highest BCUT2D eigenvalue weighted by Crippen LogP contribution is 2.31. The number of carbonyl (C=O) groups excluding carboxylic acids is 1. The van der Waals surface area contributed by atoms with Gasteiger partial charge >= 0.3 is 0 Å². The minimum Gasteiger partial charge on any atom is -0.355 e. The Morgan fingerprint density at radius 2 is 2.07 bits per heavy atom. The van der Waals surface area contributed by atoms with Crippen LogP contribution in [-0.4, -0.2) is 11.3 Å². The third-order valence-electron chi connectivity index (χ3n) is 2.07. The second-order valence-corrected chi connectivity index (χ2v) is 3.83. The van der Waals surface area contributed by atoms with Crippen molar-refractivity contribution in [3.05, 3.63) is 40.0 Å². The molecule has 1 N–H and O–H groups in total. The quantitative estimate of drug-likeness (QED) is 0.630. The Kier molecular flexibility index (Phi) is 2.80. The van der Waals surface area contributed by atoms with Gasteiger partial charge in [-0.3, -0.25) is 4.79 Å². The second kappa shape index (κ2) is 4.09. The molecule has 2 rings (SSSR count). The van der Waals surface area contributed by atoms with Crippen LogP contribution in [0.3, 0.4) is 0 Å². The van der Waals surface area contributed by atoms with Crippen molar-refractivity contribution in [1.82, 2.24) is 4.98 Å². The predicted octanol–water partition coefficient (Wildman–Crippen LogP) is 3.69. The van der Waals surface area contributed by atoms with Gasteiger partial charge in [-0.25, -0.2) is 0 Å². The number of aromatic nitrogens is 1. The Morgan fingerprint density at radius 1 is 1.27 bits per heavy atom. The number of fused-ring (bicyclic) bond motifs is 1. The Morgan fingerprint density at radius 3 is 2.80 bits per heavy atom. The average molecular weight is 240 g/mol. The lowest BCUT2D eigenvalue weighted by Gasteiger charge is -1.95. The number of aromatic amines is 1. The smallest absolute Gasteiger partial charge is 0.142 e. The summed E-state index contributed by atoms with van der Waals surface area (Å²) in [5.74, 6) is 0. The summed E-state index contributed by atoms with van der Waals surface area (Å²) in [4.78, 5) is 13.3. The van der Waals surface area contributed by atoms with Gasteiger partial charge in [0.2, 0.25) is 0 Å². The molecule has 76 valence electrons. The molecule has 2 aromatic rings. The number of nitrogens with one attached hydrogen (secondary N) is 1. The summed E-state index contributed by atoms with van der Waals surface area (Å²) in [7, 11) is 0. The van der Waals surface area contributed by atoms with Crippen LogP contribution in [0.5, 0.6) is 0 Å². The molecule has 1 aromatic carbocycles. The third-order valence-corrected chi connectivity index (χ3v) is 2.88. The molecule has 2 nitrogen and oxygen atoms in total. The molecule has 0 unspecified atom stereocenters. The molecule has 0 bridgehead atoms. The van der Waals surface area contributed by atoms with E-state index in [1.54, 1.807) is 12.1 Å². The number of carbonyl (C=O) groups is 1. The van der Waals surface area contributed by atoms with Crippen molar-refractivity contribution in [1.29, 1.82) is 0 Å². The highest BCUT2D eigenvalue weighted by Gasteiger charge is 2.05. The first kappa shape index (κ1) is 10.3. The monoisotopic (exact) mass is 239 g/mol. The molecular weight excluding hydrogens is 233 g/mol. The predicted molar refractivity (Wildman–Crippen MR) is 63.4 cm³/mol. The summed E-state index contributed by atoms with van der Waals surface area (Å²) < 4.78 is 0. The van der Waals surface area contributed by atoms with Crippen molar-refractivity contribution in [2.75, 3.05) is 0 Å². The number of hydrogen-bond acceptors (Lipinski definition) is 1. The van der Waals surface area contributed by atoms with Gasteiger partial charge in [0.1, 0.15) is 6.29 Å². The van der Waals surface area contributed by atoms with Crippen molar-refractivity contribution in [3.8, 4) is 0 Å². The van der Waals surface area contributed by atoms with Crippen molar-refractivity contribution in [2.45, 2.75) is 0 Å². The Balaban J connectivity index is 2.60. The van der Waals surface area contributed by atoms with Gasteiger partial charge in [-0.1, -0.05) is 23.2 Å². The highest BCUT2D eigenvalue weighted by molar-refractivity contribution is 6.45. The third kappa shape index (κ3) is 1.91. The van der Waals surface area contributed by atoms with E-state index in [0.717, 1.165) is 22.9 Å². The molecular formula is C11H7Cl2NO. The van der Waals surface area contributed by atoms with Crippen LogP contribution in [0, 0.1) is 0 Å². The first-order chi connectivity index (χ1) is 7.22. The first-order valence-electron chi connectivity index (χ1n) is 4.31. The fourth-order valence-electron chi connectivity index (χ4n) is 1.40. The molecule has 0 atom stereocenters. The SMILES string of the molecule is O=CC=Cc1cc2c(Cl)c(Cl)ccc2[nH]1. The van der Waals surface area contributed by atoms with Gasteiger partial charge in [0.25, 0.3) is 0 Å². The van der Waals surface area contributed by atoms with E-state index in [0.29, 0.717) is 10.0 Å². The lowest BCUT2D eigenvalue weighted by Crippen LogP contribution is -1.71. The van der Waals surface area contributed by atoms with Crippen LogP contribution in [0.2, 0.25) is 10.0 Å². The van der Waals surface area contributed by atoms with Crippen molar-refractivity contribution in [2.24, 2.45) is 0 Å². The number of rotatable bonds is 2. The minimum absolute atomic E-state index is 0.522. The van der Waals surface area contributed by atoms with Crippen LogP contribution in [0.1, 0.15) is 5.69 Å². The summed E-state index contributed by atoms with van der Waals surface area (Å²) in [6, 6.07) is 5.43. The zero-order valence-electron chi connectivity index (χ0n) is 7.63. The number of aldehydes is 1. The van der Waals surface area contributed by atoms with Crippen LogP contribution >= 0.6 is 23.2 Å². The number of allylic oxidation sites excluding steroid dienone is 1. The molecule has 0 saturated carbocycles. The molecule has 0 fully saturated rings. The van der Waals surface area contributed by atoms with Crippen molar-refractivity contribution >= 4 is 46.5 Å². The molecule has 1 aromatic heterocycles. The Bertz CT molecular complexity index is 543. The normalized spacial score (nSPS) is 11.3. The van der Waals surface area contributed by atoms with Gasteiger partial charge < -0.3 is 4.98 Å². The number of H-pyrrole nitrogens is 1. The summed E-state index contributed by atoms with van der Waals surface area (Å²) in [6.45, 7) is 0. The number of hydrogen-bond donors (Lipinski definition) is 1. The Hall–Kier alpha value is -1.25. The number of halogens is 2. The van der Waals surface area contributed by atoms with Crippen LogP contribution in [-0.2, 0) is 4.79 Å². The first-order valence-corrected chi connectivity index (χ1v) is 5.06. The van der Waals surface area contributed by atoms with Gasteiger partial charge in [0.05, 0.1) is 10.0 Å². The van der Waals surface area contributed by atoms with E-state index < -0.39 is 0 Å². The molecule has 0 aliphatic rings. The molecule has 0 spiro atoms. The average Bonchev–Trinajstić information content (AvgIpc) is 2.64. The largest absolute Gasteiger partial charge is 0.355 e. The van der Waals surface area contributed by atoms with Crippen molar-refractivity contribution < 1.29 is 4.79 Å². The van der Waals surface area contributed by atoms with E-state index in [-0.39, 0.29) is 0 Å². The van der Waals surface area contributed by atoms with Gasteiger partial charge in [0, 0.05) is 16.6 Å². The molecule has 0 amide bonds. The Labute approximate surface area is 96.5 Å². The summed E-state index contributed by atoms with van der Waals surface area (Å²) in [5.41, 5.74) is 1.72. The molecule has 0 aliphatic carbocycles. The van der Waals surface area contributed by atoms with Gasteiger partial charge in [0.15, 0.2) is 0 Å². The van der Waals surface area contributed by atoms with Crippen LogP contribution < -0.4 is 0 Å². The maximum atomic E-state index is 10.2. The molecule has 0 saturated heterocycles. The molecule has 1 heterocycles. The van der Waals surface area contributed by atoms with Gasteiger partial charge in [-0.2, -0.15) is 0 Å². The standard InChI is InChI=1S/C11H7Cl2NO/c12-9-3-4-10-8(11(9)13)6-7(14-10)2-1-5-15/h1-6,14H. The second-order valence-electron chi connectivity index (χ2n) is 3.04. The highest BCUT2D eigenvalue weighted by atomic mass is 35.5. The summed E-state index contributed by atoms with van der Waals surface area (Å²) in [5, 5.41) is 1.90. The zero-order chi connectivity index (χ0) is 10.8. The van der Waals surface area contributed by atoms with Crippen LogP contribution in [0.4, 0.5) is 0 Å². The maximum absolute atomic E-state index is 10.2. The van der Waals surface area contributed by atoms with E-state index >= 15 is 0 Å². The molecule has 4 heteroatoms. The molecule has 0 aliphatic heterocycles. The lowest BCUT2D eigenvalue weighted by molar-refractivity contribution is -0.104. The maximum Gasteiger partial charge on any atom is 0.142 e. The minimum atomic E-state index is 0.522. The van der Waals surface area contributed by atoms with Gasteiger partial charge in [-0.05, 0) is 30.4 Å². The fraction of sp³-hybridized carbons (Fsp3) is 0. The topological polar surface area (TPSA) is 32.9 Å². The van der Waals surface area contributed by atoms with E-state index in [2.05, 4.69) is 4.98 Å². The summed E-state index contributed by atoms with van der Waals surface area (Å²) >= 11 is 11.9. The zero-order valence-corrected chi connectivity index (χ0v) is 9.14. The summed E-state index contributed by atoms with van der Waals surface area (Å²) in [6.07, 6.45) is 3.82. The van der Waals surface area contributed by atoms with E-state index in [1.165, 1.54) is 6.08 Å². The van der Waals surface area contributed by atoms with Crippen LogP contribution in [0.25, 0.3) is 17.0 Å². The van der Waals surface area contributed by atoms with Crippen LogP contribution in [0.15, 0.2) is 24.3 Å². The van der Waals surface area contributed by atoms with E-state index in [4.69, 9.17) is 23.2 Å². The lowest BCUT2D eigenvalue weighted by atomic mass is 10.2. The van der Waals surface area contributed by atoms with E-state index in [1.807, 2.05) is 12.1 Å². The van der Waals surface area contributed by atoms with Crippen molar-refractivity contribution in [3.63, 3.8) is 0 Å². The number of benzene rings is 1. The van der Waals surface area contributed by atoms with Gasteiger partial charge in [-0.15, -0.1) is 0 Å². The fourth-order valence-corrected chi connectivity index (χ4v) is 1.78. The molecule has 15 heavy (non-hydrogen) atoms. The van der Waals surface area contributed by atoms with E-state index in [9.17, 15) is 4.79 Å².